The van der Waals surface area contributed by atoms with Gasteiger partial charge in [0.25, 0.3) is 0 Å². The standard InChI is InChI=1S/C15H15ClN4O2/c1-10-7-13(21-18-10)8-20(2)9-14-17-15(19-22-14)11-3-5-12(16)6-4-11/h3-7H,8-9H2,1-2H3. The van der Waals surface area contributed by atoms with Crippen LogP contribution in [0.4, 0.5) is 0 Å². The molecule has 2 aromatic heterocycles. The van der Waals surface area contributed by atoms with Crippen molar-refractivity contribution in [3.05, 3.63) is 52.7 Å². The Hall–Kier alpha value is -2.18. The van der Waals surface area contributed by atoms with Crippen molar-refractivity contribution in [1.82, 2.24) is 20.2 Å². The van der Waals surface area contributed by atoms with Gasteiger partial charge in [-0.05, 0) is 38.2 Å². The number of benzene rings is 1. The molecule has 0 aliphatic rings. The zero-order valence-corrected chi connectivity index (χ0v) is 13.0. The number of halogens is 1. The maximum absolute atomic E-state index is 5.87. The molecular formula is C15H15ClN4O2. The highest BCUT2D eigenvalue weighted by atomic mass is 35.5. The van der Waals surface area contributed by atoms with Crippen LogP contribution >= 0.6 is 11.6 Å². The number of aromatic nitrogens is 3. The molecule has 2 heterocycles. The SMILES string of the molecule is Cc1cc(CN(C)Cc2nc(-c3ccc(Cl)cc3)no2)on1. The molecule has 3 aromatic rings. The maximum atomic E-state index is 5.87. The lowest BCUT2D eigenvalue weighted by atomic mass is 10.2. The minimum Gasteiger partial charge on any atom is -0.360 e. The van der Waals surface area contributed by atoms with Crippen molar-refractivity contribution in [2.75, 3.05) is 7.05 Å². The Balaban J connectivity index is 1.65. The van der Waals surface area contributed by atoms with Gasteiger partial charge in [0.05, 0.1) is 18.8 Å². The first-order chi connectivity index (χ1) is 10.6. The molecule has 7 heteroatoms. The topological polar surface area (TPSA) is 68.2 Å². The van der Waals surface area contributed by atoms with Crippen molar-refractivity contribution < 1.29 is 9.05 Å². The van der Waals surface area contributed by atoms with Gasteiger partial charge in [-0.3, -0.25) is 4.90 Å². The van der Waals surface area contributed by atoms with Gasteiger partial charge in [-0.2, -0.15) is 4.98 Å². The third kappa shape index (κ3) is 3.52. The van der Waals surface area contributed by atoms with Gasteiger partial charge in [0.1, 0.15) is 0 Å². The van der Waals surface area contributed by atoms with Gasteiger partial charge >= 0.3 is 0 Å². The second kappa shape index (κ2) is 6.29. The van der Waals surface area contributed by atoms with E-state index in [0.717, 1.165) is 17.0 Å². The lowest BCUT2D eigenvalue weighted by Crippen LogP contribution is -2.17. The molecule has 0 radical (unpaired) electrons. The number of aryl methyl sites for hydroxylation is 1. The third-order valence-electron chi connectivity index (χ3n) is 3.08. The Bertz CT molecular complexity index is 751. The lowest BCUT2D eigenvalue weighted by Gasteiger charge is -2.10. The highest BCUT2D eigenvalue weighted by molar-refractivity contribution is 6.30. The molecule has 0 bridgehead atoms. The van der Waals surface area contributed by atoms with Crippen LogP contribution in [0, 0.1) is 6.92 Å². The van der Waals surface area contributed by atoms with Crippen LogP contribution in [0.2, 0.25) is 5.02 Å². The third-order valence-corrected chi connectivity index (χ3v) is 3.33. The summed E-state index contributed by atoms with van der Waals surface area (Å²) in [7, 11) is 1.95. The van der Waals surface area contributed by atoms with E-state index in [-0.39, 0.29) is 0 Å². The molecule has 0 N–H and O–H groups in total. The zero-order valence-electron chi connectivity index (χ0n) is 12.3. The fourth-order valence-electron chi connectivity index (χ4n) is 2.08. The van der Waals surface area contributed by atoms with Gasteiger partial charge in [0.15, 0.2) is 5.76 Å². The molecule has 0 saturated heterocycles. The van der Waals surface area contributed by atoms with Crippen molar-refractivity contribution >= 4 is 11.6 Å². The zero-order chi connectivity index (χ0) is 15.5. The molecule has 0 unspecified atom stereocenters. The van der Waals surface area contributed by atoms with Crippen molar-refractivity contribution in [3.8, 4) is 11.4 Å². The van der Waals surface area contributed by atoms with Gasteiger partial charge in [-0.15, -0.1) is 0 Å². The second-order valence-corrected chi connectivity index (χ2v) is 5.56. The van der Waals surface area contributed by atoms with E-state index in [1.807, 2.05) is 37.1 Å². The summed E-state index contributed by atoms with van der Waals surface area (Å²) < 4.78 is 10.5. The van der Waals surface area contributed by atoms with Crippen LogP contribution in [-0.4, -0.2) is 27.2 Å². The average Bonchev–Trinajstić information content (AvgIpc) is 3.09. The summed E-state index contributed by atoms with van der Waals surface area (Å²) in [5.41, 5.74) is 1.74. The van der Waals surface area contributed by atoms with Gasteiger partial charge in [0.2, 0.25) is 11.7 Å². The molecular weight excluding hydrogens is 304 g/mol. The van der Waals surface area contributed by atoms with Crippen LogP contribution in [0.1, 0.15) is 17.3 Å². The van der Waals surface area contributed by atoms with Crippen molar-refractivity contribution in [3.63, 3.8) is 0 Å². The number of nitrogens with zero attached hydrogens (tertiary/aromatic N) is 4. The molecule has 0 atom stereocenters. The van der Waals surface area contributed by atoms with Gasteiger partial charge in [-0.1, -0.05) is 21.9 Å². The summed E-state index contributed by atoms with van der Waals surface area (Å²) in [6, 6.07) is 9.22. The highest BCUT2D eigenvalue weighted by Crippen LogP contribution is 2.19. The molecule has 0 saturated carbocycles. The fourth-order valence-corrected chi connectivity index (χ4v) is 2.20. The van der Waals surface area contributed by atoms with Crippen LogP contribution in [0.25, 0.3) is 11.4 Å². The summed E-state index contributed by atoms with van der Waals surface area (Å²) in [6.45, 7) is 3.04. The summed E-state index contributed by atoms with van der Waals surface area (Å²) in [6.07, 6.45) is 0. The van der Waals surface area contributed by atoms with E-state index in [2.05, 4.69) is 15.3 Å². The van der Waals surface area contributed by atoms with E-state index < -0.39 is 0 Å². The van der Waals surface area contributed by atoms with E-state index >= 15 is 0 Å². The Labute approximate surface area is 132 Å². The summed E-state index contributed by atoms with van der Waals surface area (Å²) in [5.74, 6) is 1.90. The first-order valence-corrected chi connectivity index (χ1v) is 7.17. The minimum atomic E-state index is 0.528. The number of hydrogen-bond donors (Lipinski definition) is 0. The minimum absolute atomic E-state index is 0.528. The lowest BCUT2D eigenvalue weighted by molar-refractivity contribution is 0.233. The molecule has 114 valence electrons. The summed E-state index contributed by atoms with van der Waals surface area (Å²) in [4.78, 5) is 6.40. The van der Waals surface area contributed by atoms with E-state index in [0.29, 0.717) is 29.8 Å². The van der Waals surface area contributed by atoms with E-state index in [1.54, 1.807) is 12.1 Å². The van der Waals surface area contributed by atoms with E-state index in [9.17, 15) is 0 Å². The highest BCUT2D eigenvalue weighted by Gasteiger charge is 2.12. The first-order valence-electron chi connectivity index (χ1n) is 6.79. The normalized spacial score (nSPS) is 11.3. The Kier molecular flexibility index (Phi) is 4.22. The Morgan fingerprint density at radius 3 is 2.55 bits per heavy atom. The number of rotatable bonds is 5. The molecule has 0 amide bonds. The molecule has 0 fully saturated rings. The van der Waals surface area contributed by atoms with Crippen LogP contribution in [-0.2, 0) is 13.1 Å². The van der Waals surface area contributed by atoms with Crippen LogP contribution in [0.15, 0.2) is 39.4 Å². The molecule has 22 heavy (non-hydrogen) atoms. The van der Waals surface area contributed by atoms with E-state index in [4.69, 9.17) is 20.6 Å². The quantitative estimate of drug-likeness (QED) is 0.719. The van der Waals surface area contributed by atoms with E-state index in [1.165, 1.54) is 0 Å². The monoisotopic (exact) mass is 318 g/mol. The second-order valence-electron chi connectivity index (χ2n) is 5.13. The van der Waals surface area contributed by atoms with Gasteiger partial charge in [-0.25, -0.2) is 0 Å². The first kappa shape index (κ1) is 14.7. The average molecular weight is 319 g/mol. The van der Waals surface area contributed by atoms with Crippen molar-refractivity contribution in [1.29, 1.82) is 0 Å². The van der Waals surface area contributed by atoms with Gasteiger partial charge < -0.3 is 9.05 Å². The van der Waals surface area contributed by atoms with Crippen LogP contribution in [0.5, 0.6) is 0 Å². The fraction of sp³-hybridized carbons (Fsp3) is 0.267. The largest absolute Gasteiger partial charge is 0.360 e. The Morgan fingerprint density at radius 2 is 1.86 bits per heavy atom. The van der Waals surface area contributed by atoms with Crippen molar-refractivity contribution in [2.45, 2.75) is 20.0 Å². The predicted molar refractivity (Wildman–Crippen MR) is 81.2 cm³/mol. The molecule has 6 nitrogen and oxygen atoms in total. The molecule has 3 rings (SSSR count). The Morgan fingerprint density at radius 1 is 1.09 bits per heavy atom. The van der Waals surface area contributed by atoms with Crippen LogP contribution < -0.4 is 0 Å². The molecule has 0 spiro atoms. The summed E-state index contributed by atoms with van der Waals surface area (Å²) in [5, 5.41) is 8.53. The number of hydrogen-bond acceptors (Lipinski definition) is 6. The predicted octanol–water partition coefficient (Wildman–Crippen LogP) is 3.32. The smallest absolute Gasteiger partial charge is 0.241 e. The molecule has 1 aromatic carbocycles. The summed E-state index contributed by atoms with van der Waals surface area (Å²) >= 11 is 5.87. The molecule has 0 aliphatic carbocycles. The van der Waals surface area contributed by atoms with Gasteiger partial charge in [0, 0.05) is 16.7 Å². The van der Waals surface area contributed by atoms with Crippen LogP contribution in [0.3, 0.4) is 0 Å². The maximum Gasteiger partial charge on any atom is 0.241 e. The molecule has 0 aliphatic heterocycles. The van der Waals surface area contributed by atoms with Crippen molar-refractivity contribution in [2.24, 2.45) is 0 Å².